The average molecular weight is 152 g/mol. The molecule has 2 heteroatoms. The lowest BCUT2D eigenvalue weighted by molar-refractivity contribution is -0.136. The second-order valence-corrected chi connectivity index (χ2v) is 1.80. The van der Waals surface area contributed by atoms with Gasteiger partial charge in [-0.25, -0.2) is 4.79 Å². The fraction of sp³-hybridized carbons (Fsp3) is 0.222. The zero-order chi connectivity index (χ0) is 8.53. The summed E-state index contributed by atoms with van der Waals surface area (Å²) in [5.74, 6) is -0.344. The minimum atomic E-state index is -0.344. The predicted molar refractivity (Wildman–Crippen MR) is 45.1 cm³/mol. The first kappa shape index (κ1) is 9.69. The summed E-state index contributed by atoms with van der Waals surface area (Å²) in [7, 11) is 0. The van der Waals surface area contributed by atoms with Crippen LogP contribution in [0.1, 0.15) is 6.92 Å². The second kappa shape index (κ2) is 6.81. The smallest absolute Gasteiger partial charge is 0.331 e. The van der Waals surface area contributed by atoms with Crippen LogP contribution in [0.5, 0.6) is 0 Å². The van der Waals surface area contributed by atoms with Crippen molar-refractivity contribution in [2.75, 3.05) is 6.61 Å². The van der Waals surface area contributed by atoms with Crippen LogP contribution in [0.4, 0.5) is 0 Å². The molecule has 0 rings (SSSR count). The standard InChI is InChI=1S/C9H12O2/c1-3-5-6-7-9(10)11-8-4-2/h3-7H,2,8H2,1H3/b5-3+,7-6+. The highest BCUT2D eigenvalue weighted by atomic mass is 16.5. The Balaban J connectivity index is 3.59. The normalized spacial score (nSPS) is 10.6. The lowest BCUT2D eigenvalue weighted by Gasteiger charge is -1.93. The van der Waals surface area contributed by atoms with Crippen molar-refractivity contribution in [2.45, 2.75) is 6.92 Å². The van der Waals surface area contributed by atoms with Crippen LogP contribution in [0.3, 0.4) is 0 Å². The molecule has 0 bridgehead atoms. The van der Waals surface area contributed by atoms with Gasteiger partial charge in [-0.2, -0.15) is 0 Å². The largest absolute Gasteiger partial charge is 0.458 e. The summed E-state index contributed by atoms with van der Waals surface area (Å²) in [6.45, 7) is 5.55. The molecule has 0 saturated carbocycles. The highest BCUT2D eigenvalue weighted by Gasteiger charge is 1.90. The molecule has 0 aromatic rings. The van der Waals surface area contributed by atoms with Gasteiger partial charge in [0.1, 0.15) is 6.61 Å². The first-order valence-corrected chi connectivity index (χ1v) is 3.38. The first-order valence-electron chi connectivity index (χ1n) is 3.38. The van der Waals surface area contributed by atoms with Crippen LogP contribution in [0, 0.1) is 0 Å². The Hall–Kier alpha value is -1.31. The van der Waals surface area contributed by atoms with E-state index in [0.717, 1.165) is 0 Å². The zero-order valence-corrected chi connectivity index (χ0v) is 6.62. The molecule has 60 valence electrons. The Morgan fingerprint density at radius 3 is 2.82 bits per heavy atom. The van der Waals surface area contributed by atoms with Gasteiger partial charge < -0.3 is 4.74 Å². The maximum absolute atomic E-state index is 10.7. The van der Waals surface area contributed by atoms with Crippen molar-refractivity contribution in [3.8, 4) is 0 Å². The lowest BCUT2D eigenvalue weighted by Crippen LogP contribution is -1.99. The van der Waals surface area contributed by atoms with Crippen LogP contribution in [0.2, 0.25) is 0 Å². The quantitative estimate of drug-likeness (QED) is 0.266. The number of hydrogen-bond donors (Lipinski definition) is 0. The molecule has 0 saturated heterocycles. The summed E-state index contributed by atoms with van der Waals surface area (Å²) >= 11 is 0. The fourth-order valence-corrected chi connectivity index (χ4v) is 0.434. The van der Waals surface area contributed by atoms with Gasteiger partial charge in [-0.3, -0.25) is 0 Å². The van der Waals surface area contributed by atoms with E-state index in [4.69, 9.17) is 0 Å². The summed E-state index contributed by atoms with van der Waals surface area (Å²) in [5, 5.41) is 0. The van der Waals surface area contributed by atoms with Gasteiger partial charge in [0.2, 0.25) is 0 Å². The monoisotopic (exact) mass is 152 g/mol. The minimum absolute atomic E-state index is 0.263. The van der Waals surface area contributed by atoms with E-state index in [1.807, 2.05) is 13.0 Å². The van der Waals surface area contributed by atoms with Crippen molar-refractivity contribution in [3.63, 3.8) is 0 Å². The molecule has 11 heavy (non-hydrogen) atoms. The molecule has 0 aliphatic rings. The molecular formula is C9H12O2. The van der Waals surface area contributed by atoms with Crippen LogP contribution in [0.15, 0.2) is 37.0 Å². The van der Waals surface area contributed by atoms with E-state index < -0.39 is 0 Å². The van der Waals surface area contributed by atoms with Crippen molar-refractivity contribution in [2.24, 2.45) is 0 Å². The molecule has 0 aromatic heterocycles. The van der Waals surface area contributed by atoms with Gasteiger partial charge in [-0.15, -0.1) is 0 Å². The molecule has 0 N–H and O–H groups in total. The third-order valence-corrected chi connectivity index (χ3v) is 0.879. The molecule has 0 unspecified atom stereocenters. The number of ether oxygens (including phenoxy) is 1. The summed E-state index contributed by atoms with van der Waals surface area (Å²) in [5.41, 5.74) is 0. The van der Waals surface area contributed by atoms with E-state index in [1.54, 1.807) is 12.2 Å². The number of allylic oxidation sites excluding steroid dienone is 3. The maximum Gasteiger partial charge on any atom is 0.331 e. The van der Waals surface area contributed by atoms with Crippen LogP contribution in [-0.2, 0) is 9.53 Å². The number of esters is 1. The molecule has 0 aliphatic heterocycles. The van der Waals surface area contributed by atoms with E-state index in [0.29, 0.717) is 0 Å². The topological polar surface area (TPSA) is 26.3 Å². The van der Waals surface area contributed by atoms with E-state index in [1.165, 1.54) is 12.2 Å². The van der Waals surface area contributed by atoms with Crippen molar-refractivity contribution in [1.29, 1.82) is 0 Å². The van der Waals surface area contributed by atoms with Gasteiger partial charge in [-0.05, 0) is 6.92 Å². The van der Waals surface area contributed by atoms with Crippen LogP contribution in [-0.4, -0.2) is 12.6 Å². The zero-order valence-electron chi connectivity index (χ0n) is 6.62. The van der Waals surface area contributed by atoms with E-state index in [9.17, 15) is 4.79 Å². The number of hydrogen-bond acceptors (Lipinski definition) is 2. The van der Waals surface area contributed by atoms with Crippen LogP contribution < -0.4 is 0 Å². The summed E-state index contributed by atoms with van der Waals surface area (Å²) < 4.78 is 4.66. The molecule has 0 aromatic carbocycles. The fourth-order valence-electron chi connectivity index (χ4n) is 0.434. The summed E-state index contributed by atoms with van der Waals surface area (Å²) in [6, 6.07) is 0. The molecular weight excluding hydrogens is 140 g/mol. The van der Waals surface area contributed by atoms with Crippen molar-refractivity contribution >= 4 is 5.97 Å². The molecule has 0 radical (unpaired) electrons. The van der Waals surface area contributed by atoms with Crippen LogP contribution in [0.25, 0.3) is 0 Å². The van der Waals surface area contributed by atoms with Crippen molar-refractivity contribution in [1.82, 2.24) is 0 Å². The summed E-state index contributed by atoms with van der Waals surface area (Å²) in [4.78, 5) is 10.7. The van der Waals surface area contributed by atoms with E-state index >= 15 is 0 Å². The van der Waals surface area contributed by atoms with Gasteiger partial charge >= 0.3 is 5.97 Å². The molecule has 0 amide bonds. The Kier molecular flexibility index (Phi) is 5.99. The number of rotatable bonds is 4. The molecule has 0 spiro atoms. The van der Waals surface area contributed by atoms with Crippen molar-refractivity contribution in [3.05, 3.63) is 37.0 Å². The third kappa shape index (κ3) is 6.58. The van der Waals surface area contributed by atoms with Crippen molar-refractivity contribution < 1.29 is 9.53 Å². The molecule has 0 aliphatic carbocycles. The SMILES string of the molecule is C=CCOC(=O)/C=C/C=C/C. The third-order valence-electron chi connectivity index (χ3n) is 0.879. The number of carbonyl (C=O) groups is 1. The first-order chi connectivity index (χ1) is 5.31. The highest BCUT2D eigenvalue weighted by Crippen LogP contribution is 1.83. The van der Waals surface area contributed by atoms with E-state index in [2.05, 4.69) is 11.3 Å². The van der Waals surface area contributed by atoms with E-state index in [-0.39, 0.29) is 12.6 Å². The Morgan fingerprint density at radius 2 is 2.27 bits per heavy atom. The van der Waals surface area contributed by atoms with Gasteiger partial charge in [0.05, 0.1) is 0 Å². The second-order valence-electron chi connectivity index (χ2n) is 1.80. The predicted octanol–water partition coefficient (Wildman–Crippen LogP) is 1.85. The maximum atomic E-state index is 10.7. The molecule has 0 atom stereocenters. The van der Waals surface area contributed by atoms with Gasteiger partial charge in [0.15, 0.2) is 0 Å². The average Bonchev–Trinajstić information content (AvgIpc) is 2.01. The Morgan fingerprint density at radius 1 is 1.55 bits per heavy atom. The molecule has 2 nitrogen and oxygen atoms in total. The Labute approximate surface area is 66.9 Å². The molecule has 0 fully saturated rings. The minimum Gasteiger partial charge on any atom is -0.458 e. The Bertz CT molecular complexity index is 178. The number of carbonyl (C=O) groups excluding carboxylic acids is 1. The summed E-state index contributed by atoms with van der Waals surface area (Å²) in [6.07, 6.45) is 8.11. The van der Waals surface area contributed by atoms with Gasteiger partial charge in [-0.1, -0.05) is 30.9 Å². The highest BCUT2D eigenvalue weighted by molar-refractivity contribution is 5.82. The van der Waals surface area contributed by atoms with Gasteiger partial charge in [0.25, 0.3) is 0 Å². The van der Waals surface area contributed by atoms with Crippen LogP contribution >= 0.6 is 0 Å². The lowest BCUT2D eigenvalue weighted by atomic mass is 10.4. The molecule has 0 heterocycles. The van der Waals surface area contributed by atoms with Gasteiger partial charge in [0, 0.05) is 6.08 Å².